The topological polar surface area (TPSA) is 34.0 Å². The monoisotopic (exact) mass is 541 g/mol. The van der Waals surface area contributed by atoms with E-state index in [9.17, 15) is 0 Å². The SMILES string of the molecule is CO/N=C1/C(c2ccc(Cl)cc2)=Nc2ccccc21.Cc1ccc(C(C)C)cc1.[Cl-].[Ru+]. The van der Waals surface area contributed by atoms with E-state index in [0.29, 0.717) is 10.9 Å². The van der Waals surface area contributed by atoms with Gasteiger partial charge in [0.05, 0.1) is 5.69 Å². The van der Waals surface area contributed by atoms with Crippen LogP contribution in [0.3, 0.4) is 0 Å². The zero-order valence-electron chi connectivity index (χ0n) is 17.9. The van der Waals surface area contributed by atoms with Gasteiger partial charge in [-0.2, -0.15) is 0 Å². The number of aliphatic imine (C=N–C) groups is 1. The molecule has 31 heavy (non-hydrogen) atoms. The van der Waals surface area contributed by atoms with E-state index >= 15 is 0 Å². The maximum atomic E-state index is 5.91. The van der Waals surface area contributed by atoms with Crippen molar-refractivity contribution in [2.24, 2.45) is 10.1 Å². The molecule has 0 atom stereocenters. The molecule has 0 N–H and O–H groups in total. The Balaban J connectivity index is 0.000000345. The number of hydrogen-bond acceptors (Lipinski definition) is 3. The summed E-state index contributed by atoms with van der Waals surface area (Å²) in [7, 11) is 1.54. The first-order valence-electron chi connectivity index (χ1n) is 9.61. The van der Waals surface area contributed by atoms with Gasteiger partial charge >= 0.3 is 19.5 Å². The third kappa shape index (κ3) is 7.00. The van der Waals surface area contributed by atoms with Gasteiger partial charge in [0.2, 0.25) is 0 Å². The van der Waals surface area contributed by atoms with Gasteiger partial charge in [-0.1, -0.05) is 90.8 Å². The summed E-state index contributed by atoms with van der Waals surface area (Å²) in [5.74, 6) is 0.653. The summed E-state index contributed by atoms with van der Waals surface area (Å²) in [5, 5.41) is 4.80. The molecule has 0 aliphatic carbocycles. The van der Waals surface area contributed by atoms with Crippen LogP contribution in [0, 0.1) is 6.92 Å². The van der Waals surface area contributed by atoms with Crippen molar-refractivity contribution in [3.8, 4) is 0 Å². The predicted molar refractivity (Wildman–Crippen MR) is 123 cm³/mol. The minimum atomic E-state index is 0. The fourth-order valence-electron chi connectivity index (χ4n) is 3.02. The fraction of sp³-hybridized carbons (Fsp3) is 0.200. The molecule has 0 saturated heterocycles. The van der Waals surface area contributed by atoms with Gasteiger partial charge < -0.3 is 17.2 Å². The molecule has 1 heterocycles. The molecule has 3 nitrogen and oxygen atoms in total. The first-order chi connectivity index (χ1) is 14.0. The molecule has 0 unspecified atom stereocenters. The summed E-state index contributed by atoms with van der Waals surface area (Å²) in [5.41, 5.74) is 7.17. The molecule has 1 radical (unpaired) electrons. The van der Waals surface area contributed by atoms with Gasteiger partial charge in [-0.05, 0) is 36.6 Å². The number of oxime groups is 1. The molecule has 0 bridgehead atoms. The van der Waals surface area contributed by atoms with Gasteiger partial charge in [-0.25, -0.2) is 4.99 Å². The van der Waals surface area contributed by atoms with Gasteiger partial charge in [0, 0.05) is 16.1 Å². The minimum absolute atomic E-state index is 0. The maximum absolute atomic E-state index is 5.91. The second-order valence-electron chi connectivity index (χ2n) is 7.17. The number of halogens is 2. The zero-order chi connectivity index (χ0) is 20.8. The third-order valence-corrected chi connectivity index (χ3v) is 4.91. The summed E-state index contributed by atoms with van der Waals surface area (Å²) in [6, 6.07) is 24.1. The number of hydrogen-bond donors (Lipinski definition) is 0. The normalized spacial score (nSPS) is 12.7. The van der Waals surface area contributed by atoms with E-state index in [1.165, 1.54) is 18.2 Å². The van der Waals surface area contributed by atoms with E-state index in [1.807, 2.05) is 48.5 Å². The van der Waals surface area contributed by atoms with Gasteiger partial charge in [0.25, 0.3) is 0 Å². The Hall–Kier alpha value is -2.00. The molecule has 0 amide bonds. The van der Waals surface area contributed by atoms with E-state index in [2.05, 4.69) is 55.2 Å². The molecule has 1 aliphatic heterocycles. The molecule has 0 fully saturated rings. The molecule has 163 valence electrons. The summed E-state index contributed by atoms with van der Waals surface area (Å²) in [4.78, 5) is 9.55. The van der Waals surface area contributed by atoms with Crippen LogP contribution < -0.4 is 12.4 Å². The van der Waals surface area contributed by atoms with Crippen LogP contribution in [0.1, 0.15) is 42.0 Å². The van der Waals surface area contributed by atoms with Crippen LogP contribution in [0.5, 0.6) is 0 Å². The standard InChI is InChI=1S/C15H11ClN2O.C10H14.ClH.Ru/c1-19-18-15-12-4-2-3-5-13(12)17-14(15)10-6-8-11(16)9-7-10;1-8(2)10-6-4-9(3)5-7-10;;/h2-9H,1H3;4-8H,1-3H3;1H;/q;;;+1/p-1/b18-15+;;;. The summed E-state index contributed by atoms with van der Waals surface area (Å²) in [6.45, 7) is 6.54. The second-order valence-corrected chi connectivity index (χ2v) is 7.61. The number of fused-ring (bicyclic) bond motifs is 1. The smallest absolute Gasteiger partial charge is 1.00 e. The Kier molecular flexibility index (Phi) is 11.1. The van der Waals surface area contributed by atoms with Crippen LogP contribution in [-0.2, 0) is 24.3 Å². The van der Waals surface area contributed by atoms with Gasteiger partial charge in [-0.3, -0.25) is 0 Å². The van der Waals surface area contributed by atoms with Crippen molar-refractivity contribution >= 4 is 28.7 Å². The number of aryl methyl sites for hydroxylation is 1. The molecule has 3 aromatic rings. The van der Waals surface area contributed by atoms with Crippen molar-refractivity contribution in [1.29, 1.82) is 0 Å². The molecule has 3 aromatic carbocycles. The van der Waals surface area contributed by atoms with Crippen LogP contribution in [0.2, 0.25) is 5.02 Å². The molecule has 0 spiro atoms. The van der Waals surface area contributed by atoms with E-state index in [-0.39, 0.29) is 31.9 Å². The van der Waals surface area contributed by atoms with Crippen LogP contribution in [0.25, 0.3) is 0 Å². The Morgan fingerprint density at radius 1 is 0.903 bits per heavy atom. The summed E-state index contributed by atoms with van der Waals surface area (Å²) in [6.07, 6.45) is 0. The van der Waals surface area contributed by atoms with Gasteiger partial charge in [-0.15, -0.1) is 0 Å². The number of rotatable bonds is 3. The fourth-order valence-corrected chi connectivity index (χ4v) is 3.14. The zero-order valence-corrected chi connectivity index (χ0v) is 21.2. The maximum Gasteiger partial charge on any atom is 1.00 e. The largest absolute Gasteiger partial charge is 1.00 e. The van der Waals surface area contributed by atoms with Crippen molar-refractivity contribution in [1.82, 2.24) is 0 Å². The van der Waals surface area contributed by atoms with E-state index in [0.717, 1.165) is 28.2 Å². The van der Waals surface area contributed by atoms with Crippen molar-refractivity contribution in [3.63, 3.8) is 0 Å². The first-order valence-corrected chi connectivity index (χ1v) is 9.99. The van der Waals surface area contributed by atoms with Crippen LogP contribution in [-0.4, -0.2) is 18.5 Å². The van der Waals surface area contributed by atoms with E-state index in [4.69, 9.17) is 16.4 Å². The van der Waals surface area contributed by atoms with Crippen LogP contribution in [0.15, 0.2) is 82.9 Å². The van der Waals surface area contributed by atoms with Gasteiger partial charge in [0.15, 0.2) is 0 Å². The van der Waals surface area contributed by atoms with Crippen molar-refractivity contribution in [2.75, 3.05) is 7.11 Å². The molecular weight excluding hydrogens is 516 g/mol. The Morgan fingerprint density at radius 2 is 1.52 bits per heavy atom. The van der Waals surface area contributed by atoms with Crippen molar-refractivity contribution in [3.05, 3.63) is 100 Å². The van der Waals surface area contributed by atoms with Crippen LogP contribution in [0.4, 0.5) is 5.69 Å². The number of para-hydroxylation sites is 1. The molecule has 1 aliphatic rings. The molecule has 0 aromatic heterocycles. The Labute approximate surface area is 208 Å². The number of nitrogens with zero attached hydrogens (tertiary/aromatic N) is 2. The summed E-state index contributed by atoms with van der Waals surface area (Å²) < 4.78 is 0. The van der Waals surface area contributed by atoms with E-state index in [1.54, 1.807) is 0 Å². The second kappa shape index (κ2) is 12.8. The molecule has 6 heteroatoms. The molecular formula is C25H25Cl2N2ORu. The quantitative estimate of drug-likeness (QED) is 0.366. The average Bonchev–Trinajstić information content (AvgIpc) is 3.08. The Bertz CT molecular complexity index is 1030. The van der Waals surface area contributed by atoms with Crippen molar-refractivity contribution < 1.29 is 36.7 Å². The van der Waals surface area contributed by atoms with Crippen molar-refractivity contribution in [2.45, 2.75) is 26.7 Å². The average molecular weight is 541 g/mol. The van der Waals surface area contributed by atoms with Gasteiger partial charge in [0.1, 0.15) is 18.5 Å². The Morgan fingerprint density at radius 3 is 2.10 bits per heavy atom. The minimum Gasteiger partial charge on any atom is -1.00 e. The first kappa shape index (κ1) is 27.0. The summed E-state index contributed by atoms with van der Waals surface area (Å²) >= 11 is 5.91. The third-order valence-electron chi connectivity index (χ3n) is 4.66. The number of benzene rings is 3. The molecule has 4 rings (SSSR count). The van der Waals surface area contributed by atoms with E-state index < -0.39 is 0 Å². The van der Waals surface area contributed by atoms with Crippen LogP contribution >= 0.6 is 11.6 Å². The predicted octanol–water partition coefficient (Wildman–Crippen LogP) is 3.94. The molecule has 0 saturated carbocycles.